The number of hydrogen-bond donors (Lipinski definition) is 3. The minimum Gasteiger partial charge on any atom is -0.378 e. The largest absolute Gasteiger partial charge is 0.378 e. The van der Waals surface area contributed by atoms with Crippen LogP contribution in [-0.2, 0) is 25.7 Å². The van der Waals surface area contributed by atoms with E-state index in [4.69, 9.17) is 10.5 Å². The fraction of sp³-hybridized carbons (Fsp3) is 0.640. The van der Waals surface area contributed by atoms with E-state index in [9.17, 15) is 14.4 Å². The van der Waals surface area contributed by atoms with E-state index in [0.29, 0.717) is 45.2 Å². The summed E-state index contributed by atoms with van der Waals surface area (Å²) in [6, 6.07) is 9.00. The van der Waals surface area contributed by atoms with E-state index in [-0.39, 0.29) is 24.8 Å². The summed E-state index contributed by atoms with van der Waals surface area (Å²) in [7, 11) is 0. The molecule has 1 saturated carbocycles. The van der Waals surface area contributed by atoms with Crippen molar-refractivity contribution in [1.82, 2.24) is 15.5 Å². The highest BCUT2D eigenvalue weighted by Gasteiger charge is 2.31. The Morgan fingerprint density at radius 1 is 1.06 bits per heavy atom. The molecular formula is C25H38N4O4. The zero-order valence-electron chi connectivity index (χ0n) is 19.5. The van der Waals surface area contributed by atoms with Crippen LogP contribution < -0.4 is 16.4 Å². The van der Waals surface area contributed by atoms with Crippen molar-refractivity contribution in [1.29, 1.82) is 0 Å². The first-order valence-corrected chi connectivity index (χ1v) is 12.2. The summed E-state index contributed by atoms with van der Waals surface area (Å²) in [6.45, 7) is 2.99. The van der Waals surface area contributed by atoms with E-state index in [0.717, 1.165) is 18.4 Å². The number of ether oxygens (including phenoxy) is 1. The number of nitrogens with zero attached hydrogens (tertiary/aromatic N) is 1. The third kappa shape index (κ3) is 8.44. The lowest BCUT2D eigenvalue weighted by molar-refractivity contribution is -0.140. The van der Waals surface area contributed by atoms with Crippen LogP contribution in [0.15, 0.2) is 30.3 Å². The number of nitrogens with two attached hydrogens (primary N) is 1. The van der Waals surface area contributed by atoms with E-state index in [2.05, 4.69) is 10.6 Å². The van der Waals surface area contributed by atoms with Gasteiger partial charge in [-0.25, -0.2) is 0 Å². The highest BCUT2D eigenvalue weighted by molar-refractivity contribution is 5.90. The number of carbonyl (C=O) groups is 3. The molecule has 0 bridgehead atoms. The Bertz CT molecular complexity index is 761. The maximum absolute atomic E-state index is 13.2. The Balaban J connectivity index is 1.59. The van der Waals surface area contributed by atoms with E-state index >= 15 is 0 Å². The molecule has 3 amide bonds. The molecule has 0 spiro atoms. The number of amides is 3. The second-order valence-corrected chi connectivity index (χ2v) is 9.21. The van der Waals surface area contributed by atoms with Gasteiger partial charge in [0.15, 0.2) is 0 Å². The molecule has 8 nitrogen and oxygen atoms in total. The predicted octanol–water partition coefficient (Wildman–Crippen LogP) is 1.58. The Morgan fingerprint density at radius 3 is 2.42 bits per heavy atom. The van der Waals surface area contributed by atoms with Gasteiger partial charge in [0.25, 0.3) is 0 Å². The molecule has 182 valence electrons. The summed E-state index contributed by atoms with van der Waals surface area (Å²) in [5, 5.41) is 6.03. The summed E-state index contributed by atoms with van der Waals surface area (Å²) < 4.78 is 5.34. The molecule has 1 aromatic carbocycles. The van der Waals surface area contributed by atoms with Gasteiger partial charge in [-0.05, 0) is 17.9 Å². The highest BCUT2D eigenvalue weighted by Crippen LogP contribution is 2.30. The van der Waals surface area contributed by atoms with Crippen LogP contribution in [0.1, 0.15) is 50.5 Å². The molecule has 2 fully saturated rings. The molecule has 4 N–H and O–H groups in total. The van der Waals surface area contributed by atoms with Gasteiger partial charge in [0.1, 0.15) is 6.04 Å². The third-order valence-electron chi connectivity index (χ3n) is 6.68. The van der Waals surface area contributed by atoms with E-state index < -0.39 is 17.9 Å². The number of morpholine rings is 1. The standard InChI is InChI=1S/C25H38N4O4/c26-24(31)22(18-27-17-20-9-5-2-6-10-20)28-25(32)21(15-19-7-3-1-4-8-19)16-23(30)29-11-13-33-14-12-29/h2,5-6,9-10,19,21-22,27H,1,3-4,7-8,11-18H2,(H2,26,31)(H,28,32)/t21?,22-/m0/s1. The maximum Gasteiger partial charge on any atom is 0.241 e. The lowest BCUT2D eigenvalue weighted by Gasteiger charge is -2.30. The molecule has 3 rings (SSSR count). The summed E-state index contributed by atoms with van der Waals surface area (Å²) in [6.07, 6.45) is 6.58. The SMILES string of the molecule is NC(=O)[C@H](CNCc1ccccc1)NC(=O)C(CC(=O)N1CCOCC1)CC1CCCCC1. The van der Waals surface area contributed by atoms with Gasteiger partial charge in [-0.1, -0.05) is 62.4 Å². The summed E-state index contributed by atoms with van der Waals surface area (Å²) >= 11 is 0. The Kier molecular flexibility index (Phi) is 10.2. The molecule has 1 heterocycles. The van der Waals surface area contributed by atoms with Crippen molar-refractivity contribution >= 4 is 17.7 Å². The lowest BCUT2D eigenvalue weighted by atomic mass is 9.81. The van der Waals surface area contributed by atoms with Crippen LogP contribution in [0.4, 0.5) is 0 Å². The van der Waals surface area contributed by atoms with Crippen molar-refractivity contribution in [3.63, 3.8) is 0 Å². The summed E-state index contributed by atoms with van der Waals surface area (Å²) in [4.78, 5) is 39.9. The average Bonchev–Trinajstić information content (AvgIpc) is 2.84. The molecule has 0 aromatic heterocycles. The molecule has 8 heteroatoms. The average molecular weight is 459 g/mol. The smallest absolute Gasteiger partial charge is 0.241 e. The molecule has 2 atom stereocenters. The van der Waals surface area contributed by atoms with Crippen LogP contribution in [0.5, 0.6) is 0 Å². The second-order valence-electron chi connectivity index (χ2n) is 9.21. The summed E-state index contributed by atoms with van der Waals surface area (Å²) in [5.74, 6) is -0.881. The number of hydrogen-bond acceptors (Lipinski definition) is 5. The molecule has 1 aliphatic heterocycles. The number of carbonyl (C=O) groups excluding carboxylic acids is 3. The van der Waals surface area contributed by atoms with Gasteiger partial charge in [0.2, 0.25) is 17.7 Å². The zero-order chi connectivity index (χ0) is 23.5. The molecule has 1 aromatic rings. The molecule has 2 aliphatic rings. The van der Waals surface area contributed by atoms with Crippen LogP contribution in [0.25, 0.3) is 0 Å². The first-order chi connectivity index (χ1) is 16.0. The second kappa shape index (κ2) is 13.3. The lowest BCUT2D eigenvalue weighted by Crippen LogP contribution is -2.52. The van der Waals surface area contributed by atoms with Crippen LogP contribution in [-0.4, -0.2) is 61.5 Å². The fourth-order valence-electron chi connectivity index (χ4n) is 4.73. The van der Waals surface area contributed by atoms with Crippen LogP contribution in [0, 0.1) is 11.8 Å². The number of nitrogens with one attached hydrogen (secondary N) is 2. The van der Waals surface area contributed by atoms with Crippen molar-refractivity contribution in [3.8, 4) is 0 Å². The minimum absolute atomic E-state index is 0.0212. The van der Waals surface area contributed by atoms with E-state index in [1.54, 1.807) is 4.90 Å². The van der Waals surface area contributed by atoms with Crippen LogP contribution in [0.3, 0.4) is 0 Å². The normalized spacial score (nSPS) is 19.0. The molecule has 1 saturated heterocycles. The Labute approximate surface area is 196 Å². The van der Waals surface area contributed by atoms with Crippen molar-refractivity contribution < 1.29 is 19.1 Å². The molecular weight excluding hydrogens is 420 g/mol. The fourth-order valence-corrected chi connectivity index (χ4v) is 4.73. The van der Waals surface area contributed by atoms with Crippen molar-refractivity contribution in [3.05, 3.63) is 35.9 Å². The Morgan fingerprint density at radius 2 is 1.76 bits per heavy atom. The van der Waals surface area contributed by atoms with Crippen LogP contribution in [0.2, 0.25) is 0 Å². The molecule has 1 unspecified atom stereocenters. The van der Waals surface area contributed by atoms with Gasteiger partial charge in [-0.3, -0.25) is 14.4 Å². The predicted molar refractivity (Wildman–Crippen MR) is 126 cm³/mol. The topological polar surface area (TPSA) is 114 Å². The van der Waals surface area contributed by atoms with E-state index in [1.807, 2.05) is 30.3 Å². The summed E-state index contributed by atoms with van der Waals surface area (Å²) in [5.41, 5.74) is 6.67. The Hall–Kier alpha value is -2.45. The highest BCUT2D eigenvalue weighted by atomic mass is 16.5. The monoisotopic (exact) mass is 458 g/mol. The van der Waals surface area contributed by atoms with Gasteiger partial charge < -0.3 is 26.0 Å². The quantitative estimate of drug-likeness (QED) is 0.466. The van der Waals surface area contributed by atoms with Gasteiger partial charge in [0, 0.05) is 38.5 Å². The van der Waals surface area contributed by atoms with Crippen molar-refractivity contribution in [2.45, 2.75) is 57.5 Å². The van der Waals surface area contributed by atoms with Gasteiger partial charge in [-0.15, -0.1) is 0 Å². The van der Waals surface area contributed by atoms with Crippen LogP contribution >= 0.6 is 0 Å². The maximum atomic E-state index is 13.2. The number of benzene rings is 1. The first kappa shape index (κ1) is 25.2. The molecule has 33 heavy (non-hydrogen) atoms. The van der Waals surface area contributed by atoms with Gasteiger partial charge in [-0.2, -0.15) is 0 Å². The first-order valence-electron chi connectivity index (χ1n) is 12.2. The number of rotatable bonds is 11. The van der Waals surface area contributed by atoms with Crippen molar-refractivity contribution in [2.24, 2.45) is 17.6 Å². The number of primary amides is 1. The molecule has 1 aliphatic carbocycles. The minimum atomic E-state index is -0.825. The third-order valence-corrected chi connectivity index (χ3v) is 6.68. The zero-order valence-corrected chi connectivity index (χ0v) is 19.5. The van der Waals surface area contributed by atoms with Gasteiger partial charge >= 0.3 is 0 Å². The van der Waals surface area contributed by atoms with Gasteiger partial charge in [0.05, 0.1) is 13.2 Å². The molecule has 0 radical (unpaired) electrons. The van der Waals surface area contributed by atoms with Crippen molar-refractivity contribution in [2.75, 3.05) is 32.8 Å². The van der Waals surface area contributed by atoms with E-state index in [1.165, 1.54) is 19.3 Å².